The molecule has 2 aliphatic carbocycles. The summed E-state index contributed by atoms with van der Waals surface area (Å²) in [4.78, 5) is 0. The fourth-order valence-electron chi connectivity index (χ4n) is 6.60. The molecular weight excluding hydrogens is 601 g/mol. The van der Waals surface area contributed by atoms with Gasteiger partial charge in [-0.15, -0.1) is 13.2 Å². The zero-order valence-corrected chi connectivity index (χ0v) is 23.2. The van der Waals surface area contributed by atoms with E-state index >= 15 is 8.78 Å². The molecule has 0 aromatic heterocycles. The zero-order chi connectivity index (χ0) is 31.7. The number of benzene rings is 2. The van der Waals surface area contributed by atoms with E-state index in [1.54, 1.807) is 0 Å². The Kier molecular flexibility index (Phi) is 9.93. The number of alkyl halides is 7. The van der Waals surface area contributed by atoms with Crippen LogP contribution in [0.5, 0.6) is 5.75 Å². The summed E-state index contributed by atoms with van der Waals surface area (Å²) in [7, 11) is 0. The molecule has 0 amide bonds. The monoisotopic (exact) mass is 632 g/mol. The van der Waals surface area contributed by atoms with E-state index in [4.69, 9.17) is 0 Å². The number of hydrogen-bond donors (Lipinski definition) is 0. The summed E-state index contributed by atoms with van der Waals surface area (Å²) >= 11 is 0. The van der Waals surface area contributed by atoms with Crippen molar-refractivity contribution in [2.75, 3.05) is 0 Å². The molecule has 0 aliphatic heterocycles. The first-order valence-electron chi connectivity index (χ1n) is 14.2. The Morgan fingerprint density at radius 1 is 0.674 bits per heavy atom. The molecule has 2 fully saturated rings. The lowest BCUT2D eigenvalue weighted by molar-refractivity contribution is -0.432. The van der Waals surface area contributed by atoms with Crippen LogP contribution in [0, 0.1) is 46.9 Å². The lowest BCUT2D eigenvalue weighted by Gasteiger charge is -2.39. The molecule has 240 valence electrons. The van der Waals surface area contributed by atoms with Crippen LogP contribution < -0.4 is 4.74 Å². The Morgan fingerprint density at radius 3 is 1.63 bits per heavy atom. The van der Waals surface area contributed by atoms with Gasteiger partial charge in [0.15, 0.2) is 0 Å². The van der Waals surface area contributed by atoms with E-state index in [0.29, 0.717) is 36.8 Å². The van der Waals surface area contributed by atoms with Gasteiger partial charge in [0.2, 0.25) is 0 Å². The smallest absolute Gasteiger partial charge is 0.432 e. The third-order valence-electron chi connectivity index (χ3n) is 8.64. The molecule has 2 saturated carbocycles. The standard InChI is InChI=1S/C30H31F11O2/c1-2-3-16-4-6-17(7-5-16)18-8-10-20(11-9-18)28(35,36)42-21-14-22(31)26(23(32)15-21)19-12-24(33)27(25(34)13-19)29(37,38)43-30(39,40)41/h12-18,20H,2-11H2,1H3. The second kappa shape index (κ2) is 12.8. The molecule has 2 aromatic carbocycles. The first-order chi connectivity index (χ1) is 20.0. The summed E-state index contributed by atoms with van der Waals surface area (Å²) in [5.74, 6) is -8.41. The summed E-state index contributed by atoms with van der Waals surface area (Å²) in [6.45, 7) is 2.16. The second-order valence-electron chi connectivity index (χ2n) is 11.5. The minimum absolute atomic E-state index is 0.0304. The first kappa shape index (κ1) is 33.3. The maximum Gasteiger partial charge on any atom is 0.527 e. The Morgan fingerprint density at radius 2 is 1.16 bits per heavy atom. The van der Waals surface area contributed by atoms with Gasteiger partial charge in [0.1, 0.15) is 34.6 Å². The van der Waals surface area contributed by atoms with Crippen LogP contribution in [0.2, 0.25) is 0 Å². The normalized spacial score (nSPS) is 23.8. The van der Waals surface area contributed by atoms with E-state index in [9.17, 15) is 39.5 Å². The number of hydrogen-bond acceptors (Lipinski definition) is 2. The van der Waals surface area contributed by atoms with Crippen LogP contribution >= 0.6 is 0 Å². The highest BCUT2D eigenvalue weighted by atomic mass is 19.4. The maximum atomic E-state index is 15.0. The lowest BCUT2D eigenvalue weighted by Crippen LogP contribution is -2.38. The molecule has 4 rings (SSSR count). The van der Waals surface area contributed by atoms with Crippen molar-refractivity contribution in [2.45, 2.75) is 89.7 Å². The average molecular weight is 633 g/mol. The van der Waals surface area contributed by atoms with Gasteiger partial charge in [-0.1, -0.05) is 32.6 Å². The largest absolute Gasteiger partial charge is 0.527 e. The van der Waals surface area contributed by atoms with Gasteiger partial charge in [0.25, 0.3) is 0 Å². The van der Waals surface area contributed by atoms with Crippen LogP contribution in [-0.4, -0.2) is 12.5 Å². The van der Waals surface area contributed by atoms with E-state index in [0.717, 1.165) is 38.0 Å². The van der Waals surface area contributed by atoms with Crippen LogP contribution in [-0.2, 0) is 10.8 Å². The predicted molar refractivity (Wildman–Crippen MR) is 134 cm³/mol. The summed E-state index contributed by atoms with van der Waals surface area (Å²) in [6, 6.07) is 0.629. The number of halogens is 11. The van der Waals surface area contributed by atoms with E-state index in [1.165, 1.54) is 6.42 Å². The Hall–Kier alpha value is -2.57. The van der Waals surface area contributed by atoms with Crippen molar-refractivity contribution in [3.8, 4) is 16.9 Å². The Labute approximate surface area is 241 Å². The van der Waals surface area contributed by atoms with Crippen LogP contribution in [0.25, 0.3) is 11.1 Å². The van der Waals surface area contributed by atoms with Crippen LogP contribution in [0.1, 0.15) is 76.7 Å². The van der Waals surface area contributed by atoms with E-state index in [2.05, 4.69) is 16.4 Å². The molecule has 0 bridgehead atoms. The second-order valence-corrected chi connectivity index (χ2v) is 11.5. The molecule has 0 radical (unpaired) electrons. The van der Waals surface area contributed by atoms with E-state index < -0.39 is 70.2 Å². The first-order valence-corrected chi connectivity index (χ1v) is 14.2. The van der Waals surface area contributed by atoms with Gasteiger partial charge in [-0.25, -0.2) is 22.3 Å². The van der Waals surface area contributed by atoms with Crippen molar-refractivity contribution in [2.24, 2.45) is 23.7 Å². The van der Waals surface area contributed by atoms with Crippen molar-refractivity contribution in [3.63, 3.8) is 0 Å². The summed E-state index contributed by atoms with van der Waals surface area (Å²) in [5.41, 5.74) is -4.65. The lowest BCUT2D eigenvalue weighted by atomic mass is 9.68. The molecule has 0 heterocycles. The van der Waals surface area contributed by atoms with Gasteiger partial charge in [-0.2, -0.15) is 17.6 Å². The summed E-state index contributed by atoms with van der Waals surface area (Å²) in [5, 5.41) is 0. The van der Waals surface area contributed by atoms with Crippen molar-refractivity contribution in [3.05, 3.63) is 53.1 Å². The van der Waals surface area contributed by atoms with Gasteiger partial charge in [0, 0.05) is 12.1 Å². The van der Waals surface area contributed by atoms with Crippen molar-refractivity contribution < 1.29 is 57.8 Å². The zero-order valence-electron chi connectivity index (χ0n) is 23.2. The molecule has 2 aliphatic rings. The molecule has 0 spiro atoms. The maximum absolute atomic E-state index is 15.0. The van der Waals surface area contributed by atoms with Crippen molar-refractivity contribution in [1.82, 2.24) is 0 Å². The van der Waals surface area contributed by atoms with Gasteiger partial charge >= 0.3 is 18.6 Å². The van der Waals surface area contributed by atoms with E-state index in [1.807, 2.05) is 0 Å². The molecule has 0 N–H and O–H groups in total. The topological polar surface area (TPSA) is 18.5 Å². The van der Waals surface area contributed by atoms with Crippen LogP contribution in [0.4, 0.5) is 48.3 Å². The minimum Gasteiger partial charge on any atom is -0.432 e. The van der Waals surface area contributed by atoms with Gasteiger partial charge < -0.3 is 4.74 Å². The number of ether oxygens (including phenoxy) is 2. The van der Waals surface area contributed by atoms with Gasteiger partial charge in [0.05, 0.1) is 11.5 Å². The van der Waals surface area contributed by atoms with Gasteiger partial charge in [-0.05, 0) is 74.0 Å². The van der Waals surface area contributed by atoms with E-state index in [-0.39, 0.29) is 25.0 Å². The summed E-state index contributed by atoms with van der Waals surface area (Å²) < 4.78 is 160. The highest BCUT2D eigenvalue weighted by Crippen LogP contribution is 2.47. The summed E-state index contributed by atoms with van der Waals surface area (Å²) in [6.07, 6.45) is -6.99. The minimum atomic E-state index is -5.97. The fraction of sp³-hybridized carbons (Fsp3) is 0.600. The molecule has 2 nitrogen and oxygen atoms in total. The molecule has 0 unspecified atom stereocenters. The fourth-order valence-corrected chi connectivity index (χ4v) is 6.60. The predicted octanol–water partition coefficient (Wildman–Crippen LogP) is 10.9. The molecular formula is C30H31F11O2. The highest BCUT2D eigenvalue weighted by Gasteiger charge is 2.50. The molecule has 0 atom stereocenters. The molecule has 0 saturated heterocycles. The third kappa shape index (κ3) is 7.94. The SMILES string of the molecule is CCCC1CCC(C2CCC(C(F)(F)Oc3cc(F)c(-c4cc(F)c(C(F)(F)OC(F)(F)F)c(F)c4)c(F)c3)CC2)CC1. The molecule has 2 aromatic rings. The highest BCUT2D eigenvalue weighted by molar-refractivity contribution is 5.66. The Balaban J connectivity index is 1.44. The number of rotatable bonds is 9. The van der Waals surface area contributed by atoms with Crippen LogP contribution in [0.15, 0.2) is 24.3 Å². The molecule has 13 heteroatoms. The third-order valence-corrected chi connectivity index (χ3v) is 8.64. The van der Waals surface area contributed by atoms with Crippen LogP contribution in [0.3, 0.4) is 0 Å². The van der Waals surface area contributed by atoms with Gasteiger partial charge in [-0.3, -0.25) is 0 Å². The average Bonchev–Trinajstić information content (AvgIpc) is 2.87. The van der Waals surface area contributed by atoms with Crippen molar-refractivity contribution in [1.29, 1.82) is 0 Å². The van der Waals surface area contributed by atoms with Crippen molar-refractivity contribution >= 4 is 0 Å². The molecule has 43 heavy (non-hydrogen) atoms. The Bertz CT molecular complexity index is 1220. The quantitative estimate of drug-likeness (QED) is 0.256.